The number of alkyl halides is 3. The molecular weight excluding hydrogens is 493 g/mol. The van der Waals surface area contributed by atoms with Gasteiger partial charge < -0.3 is 19.9 Å². The van der Waals surface area contributed by atoms with Crippen LogP contribution in [0.15, 0.2) is 60.8 Å². The third-order valence-corrected chi connectivity index (χ3v) is 5.09. The van der Waals surface area contributed by atoms with Crippen molar-refractivity contribution < 1.29 is 37.3 Å². The van der Waals surface area contributed by atoms with E-state index >= 15 is 0 Å². The maximum atomic E-state index is 13.4. The van der Waals surface area contributed by atoms with Gasteiger partial charge in [-0.3, -0.25) is 19.5 Å². The summed E-state index contributed by atoms with van der Waals surface area (Å²) in [5.41, 5.74) is -0.195. The summed E-state index contributed by atoms with van der Waals surface area (Å²) in [4.78, 5) is 35.0. The Morgan fingerprint density at radius 2 is 2.00 bits per heavy atom. The Labute approximate surface area is 208 Å². The first-order valence-corrected chi connectivity index (χ1v) is 10.8. The predicted molar refractivity (Wildman–Crippen MR) is 124 cm³/mol. The number of aliphatic hydroxyl groups is 1. The third kappa shape index (κ3) is 5.96. The van der Waals surface area contributed by atoms with E-state index in [-0.39, 0.29) is 29.6 Å². The number of hydrogen-bond donors (Lipinski definition) is 2. The van der Waals surface area contributed by atoms with Crippen molar-refractivity contribution in [2.45, 2.75) is 18.3 Å². The molecule has 3 aromatic rings. The number of fused-ring (bicyclic) bond motifs is 1. The van der Waals surface area contributed by atoms with Crippen molar-refractivity contribution in [3.8, 4) is 29.1 Å². The standard InChI is InChI=1S/C25H19F3N4O5/c1-32-21-20(8-7-15(30-21)9-11-25(28,35)24(26)27)36-14-19(23(32)34)31-22(33)18-13-17(10-12-29-18)37-16-5-3-2-4-6-16/h2-8,10,12-13,19,24,35H,14H2,1H3,(H,31,33)/t19-,25?/m0/s1. The summed E-state index contributed by atoms with van der Waals surface area (Å²) < 4.78 is 49.6. The molecule has 4 rings (SSSR count). The van der Waals surface area contributed by atoms with Gasteiger partial charge in [0.1, 0.15) is 35.5 Å². The van der Waals surface area contributed by atoms with Crippen LogP contribution in [0.4, 0.5) is 19.0 Å². The van der Waals surface area contributed by atoms with Crippen molar-refractivity contribution in [1.82, 2.24) is 15.3 Å². The fourth-order valence-electron chi connectivity index (χ4n) is 3.21. The van der Waals surface area contributed by atoms with Gasteiger partial charge in [-0.05, 0) is 42.2 Å². The number of ether oxygens (including phenoxy) is 2. The Bertz CT molecular complexity index is 1380. The highest BCUT2D eigenvalue weighted by molar-refractivity contribution is 6.02. The van der Waals surface area contributed by atoms with Gasteiger partial charge in [0.25, 0.3) is 11.8 Å². The number of benzene rings is 1. The highest BCUT2D eigenvalue weighted by atomic mass is 19.3. The normalized spacial score (nSPS) is 16.4. The molecule has 3 heterocycles. The van der Waals surface area contributed by atoms with Crippen LogP contribution in [0.2, 0.25) is 0 Å². The Morgan fingerprint density at radius 3 is 2.73 bits per heavy atom. The number of pyridine rings is 2. The van der Waals surface area contributed by atoms with E-state index < -0.39 is 30.1 Å². The first-order chi connectivity index (χ1) is 17.6. The molecule has 12 heteroatoms. The molecule has 1 unspecified atom stereocenters. The second-order valence-corrected chi connectivity index (χ2v) is 7.77. The van der Waals surface area contributed by atoms with Crippen molar-refractivity contribution >= 4 is 17.6 Å². The van der Waals surface area contributed by atoms with E-state index in [1.54, 1.807) is 30.3 Å². The molecule has 0 spiro atoms. The van der Waals surface area contributed by atoms with E-state index in [2.05, 4.69) is 15.3 Å². The van der Waals surface area contributed by atoms with Crippen LogP contribution in [-0.2, 0) is 4.79 Å². The van der Waals surface area contributed by atoms with Gasteiger partial charge in [-0.2, -0.15) is 4.39 Å². The zero-order valence-electron chi connectivity index (χ0n) is 19.2. The molecule has 0 bridgehead atoms. The Kier molecular flexibility index (Phi) is 7.26. The van der Waals surface area contributed by atoms with E-state index in [1.165, 1.54) is 37.4 Å². The fraction of sp³-hybridized carbons (Fsp3) is 0.200. The zero-order chi connectivity index (χ0) is 26.6. The monoisotopic (exact) mass is 512 g/mol. The summed E-state index contributed by atoms with van der Waals surface area (Å²) in [7, 11) is 1.36. The van der Waals surface area contributed by atoms with Gasteiger partial charge in [0, 0.05) is 19.3 Å². The van der Waals surface area contributed by atoms with E-state index in [4.69, 9.17) is 14.6 Å². The number of likely N-dealkylation sites (N-methyl/N-ethyl adjacent to an activating group) is 1. The number of halogens is 3. The highest BCUT2D eigenvalue weighted by Crippen LogP contribution is 2.29. The predicted octanol–water partition coefficient (Wildman–Crippen LogP) is 2.70. The molecule has 190 valence electrons. The Hall–Kier alpha value is -4.63. The fourth-order valence-corrected chi connectivity index (χ4v) is 3.21. The minimum absolute atomic E-state index is 0.000861. The smallest absolute Gasteiger partial charge is 0.331 e. The van der Waals surface area contributed by atoms with Crippen LogP contribution < -0.4 is 19.7 Å². The molecule has 0 radical (unpaired) electrons. The number of anilines is 1. The molecule has 0 saturated heterocycles. The molecule has 37 heavy (non-hydrogen) atoms. The molecule has 1 aromatic carbocycles. The van der Waals surface area contributed by atoms with E-state index in [1.807, 2.05) is 12.0 Å². The van der Waals surface area contributed by atoms with Crippen LogP contribution >= 0.6 is 0 Å². The maximum absolute atomic E-state index is 13.4. The average Bonchev–Trinajstić information content (AvgIpc) is 3.00. The molecule has 0 saturated carbocycles. The van der Waals surface area contributed by atoms with E-state index in [0.717, 1.165) is 4.90 Å². The summed E-state index contributed by atoms with van der Waals surface area (Å²) >= 11 is 0. The highest BCUT2D eigenvalue weighted by Gasteiger charge is 2.36. The molecule has 0 fully saturated rings. The van der Waals surface area contributed by atoms with Crippen molar-refractivity contribution in [3.63, 3.8) is 0 Å². The molecule has 1 aliphatic heterocycles. The van der Waals surface area contributed by atoms with Crippen LogP contribution in [-0.4, -0.2) is 58.9 Å². The lowest BCUT2D eigenvalue weighted by Crippen LogP contribution is -2.49. The van der Waals surface area contributed by atoms with Crippen molar-refractivity contribution in [1.29, 1.82) is 0 Å². The number of nitrogens with one attached hydrogen (secondary N) is 1. The van der Waals surface area contributed by atoms with Gasteiger partial charge in [0.15, 0.2) is 11.6 Å². The Morgan fingerprint density at radius 1 is 1.24 bits per heavy atom. The lowest BCUT2D eigenvalue weighted by molar-refractivity contribution is -0.141. The van der Waals surface area contributed by atoms with Crippen LogP contribution in [0, 0.1) is 11.8 Å². The molecule has 2 N–H and O–H groups in total. The van der Waals surface area contributed by atoms with Gasteiger partial charge in [-0.15, -0.1) is 0 Å². The number of nitrogens with zero attached hydrogens (tertiary/aromatic N) is 3. The summed E-state index contributed by atoms with van der Waals surface area (Å²) in [6.45, 7) is -0.246. The number of para-hydroxylation sites is 1. The summed E-state index contributed by atoms with van der Waals surface area (Å²) in [5.74, 6) is -0.831. The number of carbonyl (C=O) groups excluding carboxylic acids is 2. The lowest BCUT2D eigenvalue weighted by Gasteiger charge is -2.19. The van der Waals surface area contributed by atoms with Crippen molar-refractivity contribution in [2.24, 2.45) is 0 Å². The van der Waals surface area contributed by atoms with Crippen LogP contribution in [0.25, 0.3) is 0 Å². The summed E-state index contributed by atoms with van der Waals surface area (Å²) in [6.07, 6.45) is -2.35. The molecule has 9 nitrogen and oxygen atoms in total. The lowest BCUT2D eigenvalue weighted by atomic mass is 10.2. The molecule has 2 amide bonds. The number of carbonyl (C=O) groups is 2. The number of hydrogen-bond acceptors (Lipinski definition) is 7. The van der Waals surface area contributed by atoms with Crippen LogP contribution in [0.5, 0.6) is 17.2 Å². The molecule has 2 aromatic heterocycles. The second-order valence-electron chi connectivity index (χ2n) is 7.77. The van der Waals surface area contributed by atoms with Crippen LogP contribution in [0.3, 0.4) is 0 Å². The van der Waals surface area contributed by atoms with E-state index in [9.17, 15) is 22.8 Å². The van der Waals surface area contributed by atoms with E-state index in [0.29, 0.717) is 11.5 Å². The summed E-state index contributed by atoms with van der Waals surface area (Å²) in [5, 5.41) is 11.5. The zero-order valence-corrected chi connectivity index (χ0v) is 19.2. The molecule has 2 atom stereocenters. The minimum atomic E-state index is -4.01. The number of amides is 2. The summed E-state index contributed by atoms with van der Waals surface area (Å²) in [6, 6.07) is 13.4. The third-order valence-electron chi connectivity index (χ3n) is 5.09. The van der Waals surface area contributed by atoms with Gasteiger partial charge in [0.2, 0.25) is 0 Å². The van der Waals surface area contributed by atoms with Gasteiger partial charge in [-0.25, -0.2) is 13.8 Å². The van der Waals surface area contributed by atoms with Gasteiger partial charge in [-0.1, -0.05) is 18.2 Å². The maximum Gasteiger partial charge on any atom is 0.331 e. The average molecular weight is 512 g/mol. The number of aromatic nitrogens is 2. The van der Waals surface area contributed by atoms with Crippen molar-refractivity contribution in [2.75, 3.05) is 18.6 Å². The van der Waals surface area contributed by atoms with Gasteiger partial charge >= 0.3 is 12.3 Å². The first-order valence-electron chi connectivity index (χ1n) is 10.8. The number of rotatable bonds is 5. The molecule has 1 aliphatic rings. The largest absolute Gasteiger partial charge is 0.487 e. The molecular formula is C25H19F3N4O5. The topological polar surface area (TPSA) is 114 Å². The second kappa shape index (κ2) is 10.5. The van der Waals surface area contributed by atoms with Crippen LogP contribution in [0.1, 0.15) is 16.2 Å². The quantitative estimate of drug-likeness (QED) is 0.506. The first kappa shape index (κ1) is 25.5. The SMILES string of the molecule is CN1C(=O)[C@@H](NC(=O)c2cc(Oc3ccccc3)ccn2)COc2ccc(C#CC(O)(F)C(F)F)nc21. The van der Waals surface area contributed by atoms with Gasteiger partial charge in [0.05, 0.1) is 0 Å². The van der Waals surface area contributed by atoms with Crippen molar-refractivity contribution in [3.05, 3.63) is 72.2 Å². The molecule has 0 aliphatic carbocycles. The Balaban J connectivity index is 1.48. The minimum Gasteiger partial charge on any atom is -0.487 e.